The molecule has 0 fully saturated rings. The van der Waals surface area contributed by atoms with Gasteiger partial charge in [-0.1, -0.05) is 6.92 Å². The highest BCUT2D eigenvalue weighted by Crippen LogP contribution is 2.34. The Balaban J connectivity index is 4.85. The van der Waals surface area contributed by atoms with Crippen LogP contribution in [0.3, 0.4) is 0 Å². The molecule has 0 aliphatic rings. The van der Waals surface area contributed by atoms with Gasteiger partial charge in [0.05, 0.1) is 11.2 Å². The highest BCUT2D eigenvalue weighted by atomic mass is 16.4. The standard InChI is InChI=1S/C9H20O3/c1-6-8(4,11)9(5,12)7(2,3)10/h10-12H,6H2,1-5H3/t8-,9+/m1/s1. The second kappa shape index (κ2) is 2.98. The van der Waals surface area contributed by atoms with E-state index in [9.17, 15) is 15.3 Å². The van der Waals surface area contributed by atoms with Crippen molar-refractivity contribution in [2.45, 2.75) is 57.8 Å². The molecule has 0 radical (unpaired) electrons. The molecule has 0 heterocycles. The predicted molar refractivity (Wildman–Crippen MR) is 47.8 cm³/mol. The third-order valence-electron chi connectivity index (χ3n) is 2.93. The van der Waals surface area contributed by atoms with Crippen molar-refractivity contribution in [2.75, 3.05) is 0 Å². The first-order chi connectivity index (χ1) is 5.06. The van der Waals surface area contributed by atoms with Crippen molar-refractivity contribution in [1.29, 1.82) is 0 Å². The molecule has 3 N–H and O–H groups in total. The number of hydrogen-bond acceptors (Lipinski definition) is 3. The molecule has 0 aromatic carbocycles. The van der Waals surface area contributed by atoms with Gasteiger partial charge in [0.25, 0.3) is 0 Å². The highest BCUT2D eigenvalue weighted by molar-refractivity contribution is 5.02. The Kier molecular flexibility index (Phi) is 2.95. The summed E-state index contributed by atoms with van der Waals surface area (Å²) >= 11 is 0. The first-order valence-corrected chi connectivity index (χ1v) is 4.23. The molecule has 0 unspecified atom stereocenters. The van der Waals surface area contributed by atoms with E-state index in [4.69, 9.17) is 0 Å². The lowest BCUT2D eigenvalue weighted by Crippen LogP contribution is -2.62. The van der Waals surface area contributed by atoms with E-state index in [0.29, 0.717) is 6.42 Å². The van der Waals surface area contributed by atoms with Gasteiger partial charge in [-0.3, -0.25) is 0 Å². The molecule has 3 heteroatoms. The monoisotopic (exact) mass is 176 g/mol. The van der Waals surface area contributed by atoms with Crippen molar-refractivity contribution in [1.82, 2.24) is 0 Å². The molecule has 0 amide bonds. The Morgan fingerprint density at radius 1 is 0.917 bits per heavy atom. The molecule has 0 bridgehead atoms. The van der Waals surface area contributed by atoms with E-state index < -0.39 is 16.8 Å². The molecule has 3 nitrogen and oxygen atoms in total. The van der Waals surface area contributed by atoms with Crippen LogP contribution in [0, 0.1) is 0 Å². The van der Waals surface area contributed by atoms with Crippen LogP contribution in [0.25, 0.3) is 0 Å². The summed E-state index contributed by atoms with van der Waals surface area (Å²) in [6.07, 6.45) is 0.393. The maximum absolute atomic E-state index is 9.88. The van der Waals surface area contributed by atoms with Gasteiger partial charge in [-0.2, -0.15) is 0 Å². The van der Waals surface area contributed by atoms with Crippen molar-refractivity contribution in [3.05, 3.63) is 0 Å². The summed E-state index contributed by atoms with van der Waals surface area (Å²) in [4.78, 5) is 0. The topological polar surface area (TPSA) is 60.7 Å². The van der Waals surface area contributed by atoms with Gasteiger partial charge >= 0.3 is 0 Å². The maximum atomic E-state index is 9.88. The zero-order valence-corrected chi connectivity index (χ0v) is 8.55. The molecule has 2 atom stereocenters. The number of rotatable bonds is 3. The second-order valence-electron chi connectivity index (χ2n) is 4.26. The van der Waals surface area contributed by atoms with Crippen LogP contribution >= 0.6 is 0 Å². The van der Waals surface area contributed by atoms with E-state index in [0.717, 1.165) is 0 Å². The van der Waals surface area contributed by atoms with Crippen LogP contribution in [-0.2, 0) is 0 Å². The quantitative estimate of drug-likeness (QED) is 0.592. The van der Waals surface area contributed by atoms with E-state index in [1.165, 1.54) is 27.7 Å². The predicted octanol–water partition coefficient (Wildman–Crippen LogP) is 0.669. The zero-order chi connectivity index (χ0) is 10.2. The molecule has 0 rings (SSSR count). The van der Waals surface area contributed by atoms with Crippen molar-refractivity contribution in [3.8, 4) is 0 Å². The lowest BCUT2D eigenvalue weighted by molar-refractivity contribution is -0.219. The van der Waals surface area contributed by atoms with E-state index in [1.54, 1.807) is 6.92 Å². The molecule has 74 valence electrons. The van der Waals surface area contributed by atoms with Crippen LogP contribution in [0.15, 0.2) is 0 Å². The minimum absolute atomic E-state index is 0.393. The average Bonchev–Trinajstić information content (AvgIpc) is 1.85. The van der Waals surface area contributed by atoms with Gasteiger partial charge in [0.2, 0.25) is 0 Å². The molecule has 0 aromatic rings. The first kappa shape index (κ1) is 11.9. The fourth-order valence-electron chi connectivity index (χ4n) is 1.00. The molecule has 0 aliphatic heterocycles. The third-order valence-corrected chi connectivity index (χ3v) is 2.93. The minimum Gasteiger partial charge on any atom is -0.387 e. The van der Waals surface area contributed by atoms with Crippen molar-refractivity contribution < 1.29 is 15.3 Å². The largest absolute Gasteiger partial charge is 0.387 e. The molecule has 0 aromatic heterocycles. The zero-order valence-electron chi connectivity index (χ0n) is 8.55. The lowest BCUT2D eigenvalue weighted by Gasteiger charge is -2.45. The van der Waals surface area contributed by atoms with Gasteiger partial charge in [0, 0.05) is 0 Å². The molecular weight excluding hydrogens is 156 g/mol. The van der Waals surface area contributed by atoms with Crippen LogP contribution in [0.2, 0.25) is 0 Å². The van der Waals surface area contributed by atoms with Crippen molar-refractivity contribution in [2.24, 2.45) is 0 Å². The highest BCUT2D eigenvalue weighted by Gasteiger charge is 2.50. The summed E-state index contributed by atoms with van der Waals surface area (Å²) in [5.74, 6) is 0. The molecule has 0 saturated carbocycles. The SMILES string of the molecule is CC[C@@](C)(O)[C@@](C)(O)C(C)(C)O. The summed E-state index contributed by atoms with van der Waals surface area (Å²) in [5, 5.41) is 29.3. The summed E-state index contributed by atoms with van der Waals surface area (Å²) in [7, 11) is 0. The van der Waals surface area contributed by atoms with Crippen LogP contribution < -0.4 is 0 Å². The summed E-state index contributed by atoms with van der Waals surface area (Å²) in [5.41, 5.74) is -4.09. The Labute approximate surface area is 74.0 Å². The third kappa shape index (κ3) is 1.79. The van der Waals surface area contributed by atoms with Gasteiger partial charge in [-0.05, 0) is 34.1 Å². The van der Waals surface area contributed by atoms with Crippen molar-refractivity contribution in [3.63, 3.8) is 0 Å². The molecule has 12 heavy (non-hydrogen) atoms. The average molecular weight is 176 g/mol. The van der Waals surface area contributed by atoms with E-state index in [1.807, 2.05) is 0 Å². The van der Waals surface area contributed by atoms with Crippen LogP contribution in [0.1, 0.15) is 41.0 Å². The Hall–Kier alpha value is -0.120. The molecule has 0 aliphatic carbocycles. The van der Waals surface area contributed by atoms with Gasteiger partial charge in [0.15, 0.2) is 0 Å². The Bertz CT molecular complexity index is 154. The van der Waals surface area contributed by atoms with Crippen molar-refractivity contribution >= 4 is 0 Å². The fourth-order valence-corrected chi connectivity index (χ4v) is 1.00. The molecular formula is C9H20O3. The molecule has 0 saturated heterocycles. The van der Waals surface area contributed by atoms with Crippen LogP contribution in [0.4, 0.5) is 0 Å². The van der Waals surface area contributed by atoms with E-state index in [-0.39, 0.29) is 0 Å². The minimum atomic E-state index is -1.51. The van der Waals surface area contributed by atoms with E-state index in [2.05, 4.69) is 0 Å². The molecule has 0 spiro atoms. The smallest absolute Gasteiger partial charge is 0.118 e. The first-order valence-electron chi connectivity index (χ1n) is 4.23. The van der Waals surface area contributed by atoms with Gasteiger partial charge in [-0.25, -0.2) is 0 Å². The summed E-state index contributed by atoms with van der Waals surface area (Å²) < 4.78 is 0. The van der Waals surface area contributed by atoms with Crippen LogP contribution in [0.5, 0.6) is 0 Å². The van der Waals surface area contributed by atoms with Gasteiger partial charge in [-0.15, -0.1) is 0 Å². The lowest BCUT2D eigenvalue weighted by atomic mass is 9.73. The number of hydrogen-bond donors (Lipinski definition) is 3. The second-order valence-corrected chi connectivity index (χ2v) is 4.26. The van der Waals surface area contributed by atoms with Crippen LogP contribution in [-0.4, -0.2) is 32.1 Å². The maximum Gasteiger partial charge on any atom is 0.118 e. The normalized spacial score (nSPS) is 23.0. The summed E-state index contributed by atoms with van der Waals surface area (Å²) in [6.45, 7) is 7.69. The van der Waals surface area contributed by atoms with Gasteiger partial charge in [0.1, 0.15) is 5.60 Å². The Morgan fingerprint density at radius 2 is 1.25 bits per heavy atom. The number of aliphatic hydroxyl groups is 3. The Morgan fingerprint density at radius 3 is 1.33 bits per heavy atom. The summed E-state index contributed by atoms with van der Waals surface area (Å²) in [6, 6.07) is 0. The van der Waals surface area contributed by atoms with Gasteiger partial charge < -0.3 is 15.3 Å². The van der Waals surface area contributed by atoms with E-state index >= 15 is 0 Å². The fraction of sp³-hybridized carbons (Fsp3) is 1.00.